The van der Waals surface area contributed by atoms with E-state index >= 15 is 0 Å². The number of hydrogen-bond donors (Lipinski definition) is 1. The molecule has 2 aromatic heterocycles. The lowest BCUT2D eigenvalue weighted by Gasteiger charge is -1.96. The minimum atomic E-state index is 0.911. The fraction of sp³-hybridized carbons (Fsp3) is 0.500. The summed E-state index contributed by atoms with van der Waals surface area (Å²) in [6.45, 7) is 3.13. The van der Waals surface area contributed by atoms with Crippen LogP contribution >= 0.6 is 46.2 Å². The zero-order chi connectivity index (χ0) is 12.8. The Morgan fingerprint density at radius 2 is 2.11 bits per heavy atom. The maximum Gasteiger partial charge on any atom is 0.182 e. The van der Waals surface area contributed by atoms with Crippen molar-refractivity contribution in [2.24, 2.45) is 0 Å². The number of rotatable bonds is 7. The summed E-state index contributed by atoms with van der Waals surface area (Å²) < 4.78 is 2.04. The van der Waals surface area contributed by atoms with Gasteiger partial charge in [0, 0.05) is 23.4 Å². The van der Waals surface area contributed by atoms with Crippen LogP contribution in [-0.2, 0) is 5.75 Å². The molecule has 0 aliphatic heterocycles. The van der Waals surface area contributed by atoms with Crippen molar-refractivity contribution in [1.29, 1.82) is 0 Å². The molecule has 0 atom stereocenters. The third kappa shape index (κ3) is 4.11. The quantitative estimate of drug-likeness (QED) is 0.783. The van der Waals surface area contributed by atoms with Gasteiger partial charge >= 0.3 is 0 Å². The minimum Gasteiger partial charge on any atom is -0.362 e. The molecule has 2 heterocycles. The van der Waals surface area contributed by atoms with Crippen molar-refractivity contribution in [3.05, 3.63) is 11.1 Å². The highest BCUT2D eigenvalue weighted by Gasteiger charge is 2.06. The third-order valence-electron chi connectivity index (χ3n) is 1.98. The molecule has 4 nitrogen and oxygen atoms in total. The smallest absolute Gasteiger partial charge is 0.182 e. The van der Waals surface area contributed by atoms with Crippen molar-refractivity contribution in [2.75, 3.05) is 18.1 Å². The molecule has 0 bridgehead atoms. The van der Waals surface area contributed by atoms with E-state index in [4.69, 9.17) is 0 Å². The molecule has 0 aliphatic rings. The Balaban J connectivity index is 1.84. The molecule has 1 N–H and O–H groups in total. The van der Waals surface area contributed by atoms with Crippen LogP contribution < -0.4 is 5.32 Å². The highest BCUT2D eigenvalue weighted by Crippen LogP contribution is 2.31. The molecule has 0 aliphatic carbocycles. The SMILES string of the molecule is CCCNc1ncc(CSc2nnc(SC)s2)s1. The highest BCUT2D eigenvalue weighted by atomic mass is 32.2. The van der Waals surface area contributed by atoms with Crippen LogP contribution in [0.3, 0.4) is 0 Å². The van der Waals surface area contributed by atoms with Crippen molar-refractivity contribution < 1.29 is 0 Å². The maximum atomic E-state index is 4.34. The summed E-state index contributed by atoms with van der Waals surface area (Å²) in [5.74, 6) is 0.911. The first-order valence-corrected chi connectivity index (χ1v) is 9.35. The fourth-order valence-electron chi connectivity index (χ4n) is 1.16. The summed E-state index contributed by atoms with van der Waals surface area (Å²) in [7, 11) is 0. The molecule has 8 heteroatoms. The van der Waals surface area contributed by atoms with Crippen LogP contribution in [0.25, 0.3) is 0 Å². The number of thiazole rings is 1. The van der Waals surface area contributed by atoms with E-state index in [2.05, 4.69) is 27.4 Å². The molecule has 0 saturated carbocycles. The maximum absolute atomic E-state index is 4.34. The van der Waals surface area contributed by atoms with E-state index in [1.165, 1.54) is 4.88 Å². The van der Waals surface area contributed by atoms with Crippen LogP contribution in [0.1, 0.15) is 18.2 Å². The number of nitrogens with zero attached hydrogens (tertiary/aromatic N) is 3. The van der Waals surface area contributed by atoms with Crippen molar-refractivity contribution in [3.8, 4) is 0 Å². The predicted octanol–water partition coefficient (Wildman–Crippen LogP) is 3.83. The largest absolute Gasteiger partial charge is 0.362 e. The van der Waals surface area contributed by atoms with Crippen LogP contribution in [0.2, 0.25) is 0 Å². The zero-order valence-corrected chi connectivity index (χ0v) is 13.4. The Bertz CT molecular complexity index is 482. The van der Waals surface area contributed by atoms with Gasteiger partial charge in [0.1, 0.15) is 0 Å². The van der Waals surface area contributed by atoms with Gasteiger partial charge in [-0.2, -0.15) is 0 Å². The molecule has 0 amide bonds. The molecule has 18 heavy (non-hydrogen) atoms. The van der Waals surface area contributed by atoms with Gasteiger partial charge in [-0.05, 0) is 12.7 Å². The average Bonchev–Trinajstić information content (AvgIpc) is 3.03. The van der Waals surface area contributed by atoms with E-state index in [1.807, 2.05) is 12.5 Å². The summed E-state index contributed by atoms with van der Waals surface area (Å²) in [5.41, 5.74) is 0. The second kappa shape index (κ2) is 7.32. The van der Waals surface area contributed by atoms with Crippen LogP contribution in [0.15, 0.2) is 14.9 Å². The second-order valence-corrected chi connectivity index (χ2v) is 7.75. The lowest BCUT2D eigenvalue weighted by Crippen LogP contribution is -1.97. The Morgan fingerprint density at radius 3 is 2.83 bits per heavy atom. The van der Waals surface area contributed by atoms with Gasteiger partial charge in [-0.25, -0.2) is 4.98 Å². The molecule has 0 fully saturated rings. The van der Waals surface area contributed by atoms with Gasteiger partial charge in [-0.3, -0.25) is 0 Å². The van der Waals surface area contributed by atoms with Crippen LogP contribution in [-0.4, -0.2) is 28.0 Å². The molecular weight excluding hydrogens is 304 g/mol. The molecule has 0 aromatic carbocycles. The van der Waals surface area contributed by atoms with Crippen LogP contribution in [0.5, 0.6) is 0 Å². The van der Waals surface area contributed by atoms with E-state index in [-0.39, 0.29) is 0 Å². The molecule has 0 saturated heterocycles. The Morgan fingerprint density at radius 1 is 1.28 bits per heavy atom. The van der Waals surface area contributed by atoms with Gasteiger partial charge in [-0.1, -0.05) is 41.8 Å². The van der Waals surface area contributed by atoms with E-state index in [9.17, 15) is 0 Å². The van der Waals surface area contributed by atoms with Crippen LogP contribution in [0.4, 0.5) is 5.13 Å². The fourth-order valence-corrected chi connectivity index (χ4v) is 4.46. The Labute approximate surface area is 123 Å². The molecule has 98 valence electrons. The second-order valence-electron chi connectivity index (χ2n) is 3.39. The highest BCUT2D eigenvalue weighted by molar-refractivity contribution is 8.02. The van der Waals surface area contributed by atoms with E-state index in [0.717, 1.165) is 32.5 Å². The van der Waals surface area contributed by atoms with Gasteiger partial charge in [0.05, 0.1) is 0 Å². The summed E-state index contributed by atoms with van der Waals surface area (Å²) in [5, 5.41) is 12.5. The summed E-state index contributed by atoms with van der Waals surface area (Å²) in [6, 6.07) is 0. The Kier molecular flexibility index (Phi) is 5.74. The van der Waals surface area contributed by atoms with Gasteiger partial charge in [0.2, 0.25) is 0 Å². The lowest BCUT2D eigenvalue weighted by molar-refractivity contribution is 0.955. The first-order valence-electron chi connectivity index (χ1n) is 5.50. The standard InChI is InChI=1S/C10H14N4S4/c1-3-4-11-8-12-5-7(17-8)6-16-10-14-13-9(15-2)18-10/h5H,3-4,6H2,1-2H3,(H,11,12). The van der Waals surface area contributed by atoms with E-state index in [1.54, 1.807) is 46.2 Å². The zero-order valence-electron chi connectivity index (χ0n) is 10.2. The first-order chi connectivity index (χ1) is 8.81. The number of anilines is 1. The summed E-state index contributed by atoms with van der Waals surface area (Å²) in [6.07, 6.45) is 5.07. The number of nitrogens with one attached hydrogen (secondary N) is 1. The van der Waals surface area contributed by atoms with Gasteiger partial charge < -0.3 is 5.32 Å². The average molecular weight is 319 g/mol. The van der Waals surface area contributed by atoms with Gasteiger partial charge in [0.25, 0.3) is 0 Å². The summed E-state index contributed by atoms with van der Waals surface area (Å²) >= 11 is 6.72. The molecule has 0 radical (unpaired) electrons. The Hall–Kier alpha value is -0.310. The topological polar surface area (TPSA) is 50.7 Å². The number of aromatic nitrogens is 3. The lowest BCUT2D eigenvalue weighted by atomic mass is 10.5. The predicted molar refractivity (Wildman–Crippen MR) is 82.1 cm³/mol. The number of thioether (sulfide) groups is 2. The van der Waals surface area contributed by atoms with Gasteiger partial charge in [-0.15, -0.1) is 21.5 Å². The molecular formula is C10H14N4S4. The molecule has 2 rings (SSSR count). The molecule has 0 unspecified atom stereocenters. The monoisotopic (exact) mass is 318 g/mol. The van der Waals surface area contributed by atoms with E-state index in [0.29, 0.717) is 0 Å². The van der Waals surface area contributed by atoms with Crippen molar-refractivity contribution >= 4 is 51.3 Å². The first kappa shape index (κ1) is 14.1. The van der Waals surface area contributed by atoms with Gasteiger partial charge in [0.15, 0.2) is 13.8 Å². The minimum absolute atomic E-state index is 0.911. The molecule has 2 aromatic rings. The molecule has 0 spiro atoms. The summed E-state index contributed by atoms with van der Waals surface area (Å²) in [4.78, 5) is 5.61. The van der Waals surface area contributed by atoms with Crippen molar-refractivity contribution in [3.63, 3.8) is 0 Å². The van der Waals surface area contributed by atoms with Crippen LogP contribution in [0, 0.1) is 0 Å². The normalized spacial score (nSPS) is 10.8. The third-order valence-corrected chi connectivity index (χ3v) is 6.20. The van der Waals surface area contributed by atoms with Crippen molar-refractivity contribution in [1.82, 2.24) is 15.2 Å². The van der Waals surface area contributed by atoms with E-state index < -0.39 is 0 Å². The van der Waals surface area contributed by atoms with Crippen molar-refractivity contribution in [2.45, 2.75) is 27.8 Å². The number of hydrogen-bond acceptors (Lipinski definition) is 8.